The van der Waals surface area contributed by atoms with Crippen molar-refractivity contribution in [1.29, 1.82) is 0 Å². The molecule has 0 radical (unpaired) electrons. The molecule has 2 aliphatic carbocycles. The van der Waals surface area contributed by atoms with Crippen molar-refractivity contribution in [2.24, 2.45) is 17.8 Å². The fourth-order valence-corrected chi connectivity index (χ4v) is 3.84. The third kappa shape index (κ3) is 4.24. The number of hydrogen-bond acceptors (Lipinski definition) is 2. The zero-order chi connectivity index (χ0) is 13.0. The standard InChI is InChI=1S/C16H31NO/c1-13-5-7-15(8-6-13)11-17-12-16(18)9-3-4-14(2)10-16/h13-15,17-18H,3-12H2,1-2H3. The first-order valence-corrected chi connectivity index (χ1v) is 8.00. The summed E-state index contributed by atoms with van der Waals surface area (Å²) in [5, 5.41) is 14.1. The largest absolute Gasteiger partial charge is 0.389 e. The van der Waals surface area contributed by atoms with Crippen LogP contribution in [0.3, 0.4) is 0 Å². The van der Waals surface area contributed by atoms with Crippen molar-refractivity contribution >= 4 is 0 Å². The molecule has 2 aliphatic rings. The third-order valence-electron chi connectivity index (χ3n) is 5.09. The second-order valence-corrected chi connectivity index (χ2v) is 7.18. The van der Waals surface area contributed by atoms with Crippen LogP contribution in [0.4, 0.5) is 0 Å². The van der Waals surface area contributed by atoms with Gasteiger partial charge in [-0.15, -0.1) is 0 Å². The molecule has 2 atom stereocenters. The zero-order valence-corrected chi connectivity index (χ0v) is 12.3. The van der Waals surface area contributed by atoms with Crippen LogP contribution in [0.1, 0.15) is 65.2 Å². The van der Waals surface area contributed by atoms with Crippen molar-refractivity contribution in [3.05, 3.63) is 0 Å². The Hall–Kier alpha value is -0.0800. The van der Waals surface area contributed by atoms with Gasteiger partial charge in [0.1, 0.15) is 0 Å². The number of nitrogens with one attached hydrogen (secondary N) is 1. The van der Waals surface area contributed by atoms with E-state index in [4.69, 9.17) is 0 Å². The Labute approximate surface area is 113 Å². The summed E-state index contributed by atoms with van der Waals surface area (Å²) in [7, 11) is 0. The summed E-state index contributed by atoms with van der Waals surface area (Å²) in [6.45, 7) is 6.56. The maximum atomic E-state index is 10.6. The highest BCUT2D eigenvalue weighted by atomic mass is 16.3. The Bertz CT molecular complexity index is 247. The highest BCUT2D eigenvalue weighted by Crippen LogP contribution is 2.32. The van der Waals surface area contributed by atoms with E-state index in [1.807, 2.05) is 0 Å². The third-order valence-corrected chi connectivity index (χ3v) is 5.09. The predicted molar refractivity (Wildman–Crippen MR) is 76.6 cm³/mol. The van der Waals surface area contributed by atoms with Crippen LogP contribution in [0, 0.1) is 17.8 Å². The van der Waals surface area contributed by atoms with E-state index in [1.54, 1.807) is 0 Å². The lowest BCUT2D eigenvalue weighted by molar-refractivity contribution is -0.0125. The lowest BCUT2D eigenvalue weighted by Gasteiger charge is -2.36. The highest BCUT2D eigenvalue weighted by Gasteiger charge is 2.32. The Balaban J connectivity index is 1.65. The molecule has 0 aromatic carbocycles. The lowest BCUT2D eigenvalue weighted by atomic mass is 9.78. The first-order chi connectivity index (χ1) is 8.57. The highest BCUT2D eigenvalue weighted by molar-refractivity contribution is 4.87. The van der Waals surface area contributed by atoms with Gasteiger partial charge in [0, 0.05) is 6.54 Å². The van der Waals surface area contributed by atoms with Gasteiger partial charge in [-0.05, 0) is 50.0 Å². The normalized spacial score (nSPS) is 41.8. The maximum absolute atomic E-state index is 10.6. The van der Waals surface area contributed by atoms with Gasteiger partial charge in [0.05, 0.1) is 5.60 Å². The molecule has 18 heavy (non-hydrogen) atoms. The molecular formula is C16H31NO. The molecule has 0 aromatic heterocycles. The molecule has 0 amide bonds. The average molecular weight is 253 g/mol. The summed E-state index contributed by atoms with van der Waals surface area (Å²) in [6.07, 6.45) is 10.0. The van der Waals surface area contributed by atoms with Crippen molar-refractivity contribution in [1.82, 2.24) is 5.32 Å². The summed E-state index contributed by atoms with van der Waals surface area (Å²) in [4.78, 5) is 0. The van der Waals surface area contributed by atoms with Gasteiger partial charge in [-0.25, -0.2) is 0 Å². The molecule has 2 saturated carbocycles. The van der Waals surface area contributed by atoms with Crippen LogP contribution < -0.4 is 5.32 Å². The molecule has 0 saturated heterocycles. The second-order valence-electron chi connectivity index (χ2n) is 7.18. The molecule has 0 spiro atoms. The van der Waals surface area contributed by atoms with Crippen LogP contribution in [0.2, 0.25) is 0 Å². The molecule has 0 bridgehead atoms. The van der Waals surface area contributed by atoms with Gasteiger partial charge in [-0.2, -0.15) is 0 Å². The molecule has 2 unspecified atom stereocenters. The SMILES string of the molecule is CC1CCC(CNCC2(O)CCCC(C)C2)CC1. The topological polar surface area (TPSA) is 32.3 Å². The average Bonchev–Trinajstić information content (AvgIpc) is 2.31. The Morgan fingerprint density at radius 3 is 2.44 bits per heavy atom. The van der Waals surface area contributed by atoms with Gasteiger partial charge in [-0.1, -0.05) is 39.5 Å². The number of hydrogen-bond donors (Lipinski definition) is 2. The molecular weight excluding hydrogens is 222 g/mol. The minimum Gasteiger partial charge on any atom is -0.389 e. The molecule has 0 heterocycles. The molecule has 2 fully saturated rings. The summed E-state index contributed by atoms with van der Waals surface area (Å²) in [5.41, 5.74) is -0.417. The van der Waals surface area contributed by atoms with Crippen molar-refractivity contribution in [2.75, 3.05) is 13.1 Å². The minimum absolute atomic E-state index is 0.417. The van der Waals surface area contributed by atoms with Crippen LogP contribution in [0.15, 0.2) is 0 Å². The molecule has 2 nitrogen and oxygen atoms in total. The maximum Gasteiger partial charge on any atom is 0.0774 e. The van der Waals surface area contributed by atoms with Gasteiger partial charge in [-0.3, -0.25) is 0 Å². The Morgan fingerprint density at radius 2 is 1.78 bits per heavy atom. The van der Waals surface area contributed by atoms with Crippen molar-refractivity contribution in [3.63, 3.8) is 0 Å². The van der Waals surface area contributed by atoms with E-state index < -0.39 is 5.60 Å². The summed E-state index contributed by atoms with van der Waals surface area (Å²) in [5.74, 6) is 2.48. The first kappa shape index (κ1) is 14.3. The molecule has 2 rings (SSSR count). The van der Waals surface area contributed by atoms with Gasteiger partial charge in [0.25, 0.3) is 0 Å². The van der Waals surface area contributed by atoms with E-state index in [1.165, 1.54) is 38.5 Å². The van der Waals surface area contributed by atoms with E-state index in [0.717, 1.165) is 37.8 Å². The Kier molecular flexibility index (Phi) is 5.08. The minimum atomic E-state index is -0.417. The molecule has 2 heteroatoms. The smallest absolute Gasteiger partial charge is 0.0774 e. The fourth-order valence-electron chi connectivity index (χ4n) is 3.84. The molecule has 106 valence electrons. The fraction of sp³-hybridized carbons (Fsp3) is 1.00. The number of rotatable bonds is 4. The van der Waals surface area contributed by atoms with Crippen LogP contribution >= 0.6 is 0 Å². The van der Waals surface area contributed by atoms with E-state index in [0.29, 0.717) is 5.92 Å². The molecule has 0 aliphatic heterocycles. The van der Waals surface area contributed by atoms with Crippen LogP contribution in [0.5, 0.6) is 0 Å². The van der Waals surface area contributed by atoms with Crippen molar-refractivity contribution < 1.29 is 5.11 Å². The van der Waals surface area contributed by atoms with E-state index in [-0.39, 0.29) is 0 Å². The van der Waals surface area contributed by atoms with Crippen LogP contribution in [0.25, 0.3) is 0 Å². The van der Waals surface area contributed by atoms with E-state index in [2.05, 4.69) is 19.2 Å². The Morgan fingerprint density at radius 1 is 1.06 bits per heavy atom. The molecule has 2 N–H and O–H groups in total. The first-order valence-electron chi connectivity index (χ1n) is 8.00. The van der Waals surface area contributed by atoms with Gasteiger partial charge in [0.2, 0.25) is 0 Å². The summed E-state index contributed by atoms with van der Waals surface area (Å²) in [6, 6.07) is 0. The van der Waals surface area contributed by atoms with Gasteiger partial charge >= 0.3 is 0 Å². The van der Waals surface area contributed by atoms with Crippen molar-refractivity contribution in [3.8, 4) is 0 Å². The van der Waals surface area contributed by atoms with Crippen LogP contribution in [-0.2, 0) is 0 Å². The summed E-state index contributed by atoms with van der Waals surface area (Å²) < 4.78 is 0. The zero-order valence-electron chi connectivity index (χ0n) is 12.3. The molecule has 0 aromatic rings. The quantitative estimate of drug-likeness (QED) is 0.805. The van der Waals surface area contributed by atoms with Gasteiger partial charge < -0.3 is 10.4 Å². The number of aliphatic hydroxyl groups is 1. The monoisotopic (exact) mass is 253 g/mol. The summed E-state index contributed by atoms with van der Waals surface area (Å²) >= 11 is 0. The van der Waals surface area contributed by atoms with E-state index >= 15 is 0 Å². The predicted octanol–water partition coefficient (Wildman–Crippen LogP) is 3.34. The van der Waals surface area contributed by atoms with Crippen molar-refractivity contribution in [2.45, 2.75) is 70.8 Å². The lowest BCUT2D eigenvalue weighted by Crippen LogP contribution is -2.45. The second kappa shape index (κ2) is 6.38. The van der Waals surface area contributed by atoms with Crippen LogP contribution in [-0.4, -0.2) is 23.8 Å². The van der Waals surface area contributed by atoms with E-state index in [9.17, 15) is 5.11 Å². The van der Waals surface area contributed by atoms with Gasteiger partial charge in [0.15, 0.2) is 0 Å².